The van der Waals surface area contributed by atoms with Crippen LogP contribution in [0.5, 0.6) is 0 Å². The monoisotopic (exact) mass is 368 g/mol. The van der Waals surface area contributed by atoms with Crippen molar-refractivity contribution in [3.63, 3.8) is 0 Å². The maximum Gasteiger partial charge on any atom is 0.261 e. The van der Waals surface area contributed by atoms with E-state index in [1.54, 1.807) is 6.08 Å². The first-order valence-electron chi connectivity index (χ1n) is 9.19. The summed E-state index contributed by atoms with van der Waals surface area (Å²) in [5, 5.41) is 14.5. The first-order valence-corrected chi connectivity index (χ1v) is 9.19. The molecule has 4 aromatic rings. The summed E-state index contributed by atoms with van der Waals surface area (Å²) in [5.41, 5.74) is 5.12. The van der Waals surface area contributed by atoms with E-state index < -0.39 is 0 Å². The van der Waals surface area contributed by atoms with Crippen LogP contribution in [-0.2, 0) is 11.2 Å². The maximum atomic E-state index is 12.5. The summed E-state index contributed by atoms with van der Waals surface area (Å²) < 4.78 is 0. The highest BCUT2D eigenvalue weighted by molar-refractivity contribution is 6.04. The standard InChI is InChI=1S/C23H20N4O/c1-15-20(19-7-3-5-9-22(19)27-15)12-17(13-24)23(28)25-11-10-16-14-26-21-8-4-2-6-18(16)21/h2-9,12,14,26-27H,10-11H2,1H3,(H,25,28). The van der Waals surface area contributed by atoms with Crippen LogP contribution in [0.3, 0.4) is 0 Å². The molecule has 2 aromatic heterocycles. The van der Waals surface area contributed by atoms with Gasteiger partial charge in [-0.15, -0.1) is 0 Å². The normalized spacial score (nSPS) is 11.6. The van der Waals surface area contributed by atoms with E-state index in [-0.39, 0.29) is 11.5 Å². The zero-order chi connectivity index (χ0) is 19.5. The van der Waals surface area contributed by atoms with Gasteiger partial charge in [0, 0.05) is 45.8 Å². The lowest BCUT2D eigenvalue weighted by Gasteiger charge is -2.04. The first-order chi connectivity index (χ1) is 13.7. The van der Waals surface area contributed by atoms with Gasteiger partial charge in [0.05, 0.1) is 0 Å². The molecular weight excluding hydrogens is 348 g/mol. The molecule has 0 unspecified atom stereocenters. The highest BCUT2D eigenvalue weighted by atomic mass is 16.1. The Morgan fingerprint density at radius 2 is 1.82 bits per heavy atom. The Kier molecular flexibility index (Phi) is 4.69. The van der Waals surface area contributed by atoms with E-state index in [1.165, 1.54) is 0 Å². The van der Waals surface area contributed by atoms with Gasteiger partial charge in [0.25, 0.3) is 5.91 Å². The molecule has 5 heteroatoms. The van der Waals surface area contributed by atoms with Crippen molar-refractivity contribution in [2.75, 3.05) is 6.54 Å². The van der Waals surface area contributed by atoms with Crippen LogP contribution in [-0.4, -0.2) is 22.4 Å². The number of para-hydroxylation sites is 2. The maximum absolute atomic E-state index is 12.5. The van der Waals surface area contributed by atoms with Gasteiger partial charge in [-0.3, -0.25) is 4.79 Å². The van der Waals surface area contributed by atoms with Crippen molar-refractivity contribution in [3.8, 4) is 6.07 Å². The van der Waals surface area contributed by atoms with E-state index in [9.17, 15) is 10.1 Å². The number of amides is 1. The molecule has 2 heterocycles. The van der Waals surface area contributed by atoms with Crippen LogP contribution in [0.2, 0.25) is 0 Å². The molecule has 138 valence electrons. The number of aromatic nitrogens is 2. The number of carbonyl (C=O) groups is 1. The molecule has 0 saturated heterocycles. The molecule has 2 aromatic carbocycles. The minimum absolute atomic E-state index is 0.103. The fraction of sp³-hybridized carbons (Fsp3) is 0.130. The molecule has 28 heavy (non-hydrogen) atoms. The Hall–Kier alpha value is -3.78. The number of H-pyrrole nitrogens is 2. The number of rotatable bonds is 5. The van der Waals surface area contributed by atoms with Crippen LogP contribution in [0.15, 0.2) is 60.3 Å². The van der Waals surface area contributed by atoms with E-state index in [4.69, 9.17) is 0 Å². The molecule has 0 bridgehead atoms. The van der Waals surface area contributed by atoms with Crippen molar-refractivity contribution in [1.29, 1.82) is 5.26 Å². The third-order valence-corrected chi connectivity index (χ3v) is 4.95. The topological polar surface area (TPSA) is 84.5 Å². The van der Waals surface area contributed by atoms with Crippen molar-refractivity contribution < 1.29 is 4.79 Å². The van der Waals surface area contributed by atoms with Gasteiger partial charge in [0.2, 0.25) is 0 Å². The predicted octanol–water partition coefficient (Wildman–Crippen LogP) is 4.22. The second-order valence-electron chi connectivity index (χ2n) is 6.74. The molecule has 3 N–H and O–H groups in total. The van der Waals surface area contributed by atoms with Gasteiger partial charge in [0.15, 0.2) is 0 Å². The number of nitriles is 1. The number of hydrogen-bond donors (Lipinski definition) is 3. The van der Waals surface area contributed by atoms with E-state index in [0.29, 0.717) is 13.0 Å². The lowest BCUT2D eigenvalue weighted by atomic mass is 10.1. The quantitative estimate of drug-likeness (QED) is 0.364. The zero-order valence-corrected chi connectivity index (χ0v) is 15.5. The van der Waals surface area contributed by atoms with E-state index in [1.807, 2.05) is 61.7 Å². The summed E-state index contributed by atoms with van der Waals surface area (Å²) in [6.45, 7) is 2.41. The molecule has 0 aliphatic carbocycles. The van der Waals surface area contributed by atoms with Gasteiger partial charge in [-0.2, -0.15) is 5.26 Å². The molecule has 0 aliphatic rings. The Morgan fingerprint density at radius 3 is 2.61 bits per heavy atom. The molecule has 0 spiro atoms. The summed E-state index contributed by atoms with van der Waals surface area (Å²) in [7, 11) is 0. The van der Waals surface area contributed by atoms with Crippen molar-refractivity contribution in [1.82, 2.24) is 15.3 Å². The minimum Gasteiger partial charge on any atom is -0.361 e. The van der Waals surface area contributed by atoms with Crippen molar-refractivity contribution >= 4 is 33.8 Å². The van der Waals surface area contributed by atoms with Crippen LogP contribution >= 0.6 is 0 Å². The van der Waals surface area contributed by atoms with E-state index in [2.05, 4.69) is 21.4 Å². The Bertz CT molecular complexity index is 1240. The van der Waals surface area contributed by atoms with Crippen molar-refractivity contribution in [3.05, 3.63) is 77.1 Å². The van der Waals surface area contributed by atoms with Crippen molar-refractivity contribution in [2.45, 2.75) is 13.3 Å². The third kappa shape index (κ3) is 3.28. The molecule has 0 saturated carbocycles. The van der Waals surface area contributed by atoms with Crippen LogP contribution in [0, 0.1) is 18.3 Å². The number of benzene rings is 2. The predicted molar refractivity (Wildman–Crippen MR) is 112 cm³/mol. The SMILES string of the molecule is Cc1[nH]c2ccccc2c1C=C(C#N)C(=O)NCCc1c[nH]c2ccccc12. The number of nitrogens with zero attached hydrogens (tertiary/aromatic N) is 1. The number of hydrogen-bond acceptors (Lipinski definition) is 2. The van der Waals surface area contributed by atoms with Gasteiger partial charge in [-0.1, -0.05) is 36.4 Å². The van der Waals surface area contributed by atoms with Gasteiger partial charge in [-0.25, -0.2) is 0 Å². The molecule has 5 nitrogen and oxygen atoms in total. The Morgan fingerprint density at radius 1 is 1.11 bits per heavy atom. The average molecular weight is 368 g/mol. The molecule has 4 rings (SSSR count). The molecular formula is C23H20N4O. The summed E-state index contributed by atoms with van der Waals surface area (Å²) in [5.74, 6) is -0.355. The van der Waals surface area contributed by atoms with Crippen LogP contribution in [0.1, 0.15) is 16.8 Å². The molecule has 0 atom stereocenters. The van der Waals surface area contributed by atoms with Gasteiger partial charge < -0.3 is 15.3 Å². The number of aromatic amines is 2. The number of nitrogens with one attached hydrogen (secondary N) is 3. The van der Waals surface area contributed by atoms with Crippen molar-refractivity contribution in [2.24, 2.45) is 0 Å². The Balaban J connectivity index is 1.49. The summed E-state index contributed by atoms with van der Waals surface area (Å²) in [4.78, 5) is 19.0. The fourth-order valence-corrected chi connectivity index (χ4v) is 3.52. The first kappa shape index (κ1) is 17.6. The van der Waals surface area contributed by atoms with Crippen LogP contribution in [0.4, 0.5) is 0 Å². The molecule has 1 amide bonds. The number of fused-ring (bicyclic) bond motifs is 2. The highest BCUT2D eigenvalue weighted by Crippen LogP contribution is 2.24. The summed E-state index contributed by atoms with van der Waals surface area (Å²) in [6.07, 6.45) is 4.32. The third-order valence-electron chi connectivity index (χ3n) is 4.95. The van der Waals surface area contributed by atoms with Gasteiger partial charge in [0.1, 0.15) is 11.6 Å². The molecule has 0 radical (unpaired) electrons. The summed E-state index contributed by atoms with van der Waals surface area (Å²) in [6, 6.07) is 18.0. The Labute approximate surface area is 162 Å². The van der Waals surface area contributed by atoms with E-state index in [0.717, 1.165) is 38.6 Å². The van der Waals surface area contributed by atoms with Gasteiger partial charge >= 0.3 is 0 Å². The number of carbonyl (C=O) groups excluding carboxylic acids is 1. The lowest BCUT2D eigenvalue weighted by Crippen LogP contribution is -2.26. The highest BCUT2D eigenvalue weighted by Gasteiger charge is 2.13. The number of aryl methyl sites for hydroxylation is 1. The summed E-state index contributed by atoms with van der Waals surface area (Å²) >= 11 is 0. The largest absolute Gasteiger partial charge is 0.361 e. The van der Waals surface area contributed by atoms with Gasteiger partial charge in [-0.05, 0) is 37.1 Å². The molecule has 0 aliphatic heterocycles. The minimum atomic E-state index is -0.355. The lowest BCUT2D eigenvalue weighted by molar-refractivity contribution is -0.117. The zero-order valence-electron chi connectivity index (χ0n) is 15.5. The van der Waals surface area contributed by atoms with E-state index >= 15 is 0 Å². The average Bonchev–Trinajstić information content (AvgIpc) is 3.26. The van der Waals surface area contributed by atoms with Crippen LogP contribution in [0.25, 0.3) is 27.9 Å². The fourth-order valence-electron chi connectivity index (χ4n) is 3.52. The van der Waals surface area contributed by atoms with Crippen LogP contribution < -0.4 is 5.32 Å². The second kappa shape index (κ2) is 7.45. The smallest absolute Gasteiger partial charge is 0.261 e. The second-order valence-corrected chi connectivity index (χ2v) is 6.74. The molecule has 0 fully saturated rings.